The molecule has 124 valence electrons. The number of para-hydroxylation sites is 1. The van der Waals surface area contributed by atoms with E-state index in [2.05, 4.69) is 21.3 Å². The predicted molar refractivity (Wildman–Crippen MR) is 91.4 cm³/mol. The zero-order valence-corrected chi connectivity index (χ0v) is 13.5. The Kier molecular flexibility index (Phi) is 4.28. The predicted octanol–water partition coefficient (Wildman–Crippen LogP) is 2.31. The maximum absolute atomic E-state index is 12.6. The molecule has 2 saturated heterocycles. The Morgan fingerprint density at radius 1 is 1.21 bits per heavy atom. The summed E-state index contributed by atoms with van der Waals surface area (Å²) < 4.78 is 6.02. The number of likely N-dealkylation sites (tertiary alicyclic amines) is 1. The van der Waals surface area contributed by atoms with Crippen LogP contribution in [0, 0.1) is 5.92 Å². The van der Waals surface area contributed by atoms with E-state index in [1.807, 2.05) is 42.6 Å². The number of ether oxygens (including phenoxy) is 1. The number of morpholine rings is 1. The Morgan fingerprint density at radius 2 is 2.08 bits per heavy atom. The highest BCUT2D eigenvalue weighted by Crippen LogP contribution is 2.33. The van der Waals surface area contributed by atoms with Crippen molar-refractivity contribution in [3.8, 4) is 0 Å². The number of aromatic nitrogens is 1. The Bertz CT molecular complexity index is 692. The van der Waals surface area contributed by atoms with Crippen molar-refractivity contribution in [3.05, 3.63) is 60.4 Å². The van der Waals surface area contributed by atoms with E-state index in [1.165, 1.54) is 5.56 Å². The number of carbonyl (C=O) groups is 1. The number of hydrogen-bond acceptors (Lipinski definition) is 4. The van der Waals surface area contributed by atoms with Gasteiger partial charge in [0, 0.05) is 37.7 Å². The van der Waals surface area contributed by atoms with Gasteiger partial charge in [0.1, 0.15) is 0 Å². The first-order chi connectivity index (χ1) is 11.8. The fourth-order valence-electron chi connectivity index (χ4n) is 3.65. The summed E-state index contributed by atoms with van der Waals surface area (Å²) in [5.41, 5.74) is 2.04. The average molecular weight is 323 g/mol. The van der Waals surface area contributed by atoms with Gasteiger partial charge in [-0.05, 0) is 30.2 Å². The summed E-state index contributed by atoms with van der Waals surface area (Å²) in [5.74, 6) is -0.00830. The lowest BCUT2D eigenvalue weighted by molar-refractivity contribution is -0.123. The summed E-state index contributed by atoms with van der Waals surface area (Å²) >= 11 is 0. The van der Waals surface area contributed by atoms with Crippen LogP contribution in [0.25, 0.3) is 0 Å². The molecule has 5 heteroatoms. The van der Waals surface area contributed by atoms with E-state index in [9.17, 15) is 4.79 Å². The van der Waals surface area contributed by atoms with Gasteiger partial charge in [-0.3, -0.25) is 14.7 Å². The maximum atomic E-state index is 12.6. The molecule has 4 rings (SSSR count). The minimum Gasteiger partial charge on any atom is -0.371 e. The van der Waals surface area contributed by atoms with Crippen LogP contribution in [0.15, 0.2) is 54.9 Å². The van der Waals surface area contributed by atoms with Gasteiger partial charge in [0.2, 0.25) is 5.91 Å². The molecule has 3 atom stereocenters. The van der Waals surface area contributed by atoms with Crippen LogP contribution in [0.1, 0.15) is 12.0 Å². The molecule has 1 aromatic heterocycles. The summed E-state index contributed by atoms with van der Waals surface area (Å²) in [6.45, 7) is 2.52. The number of carbonyl (C=O) groups excluding carboxylic acids is 1. The van der Waals surface area contributed by atoms with Crippen LogP contribution in [0.3, 0.4) is 0 Å². The molecule has 0 spiro atoms. The molecule has 2 fully saturated rings. The minimum atomic E-state index is -0.0749. The van der Waals surface area contributed by atoms with Crippen molar-refractivity contribution >= 4 is 11.6 Å². The van der Waals surface area contributed by atoms with E-state index in [0.717, 1.165) is 31.7 Å². The molecule has 5 nitrogen and oxygen atoms in total. The monoisotopic (exact) mass is 323 g/mol. The number of amides is 1. The number of nitrogens with zero attached hydrogens (tertiary/aromatic N) is 2. The Balaban J connectivity index is 1.39. The van der Waals surface area contributed by atoms with Crippen molar-refractivity contribution in [3.63, 3.8) is 0 Å². The molecule has 0 radical (unpaired) electrons. The molecule has 0 unspecified atom stereocenters. The topological polar surface area (TPSA) is 54.5 Å². The number of pyridine rings is 1. The molecule has 1 N–H and O–H groups in total. The van der Waals surface area contributed by atoms with E-state index in [0.29, 0.717) is 0 Å². The molecule has 0 saturated carbocycles. The molecule has 1 aromatic carbocycles. The van der Waals surface area contributed by atoms with Crippen molar-refractivity contribution in [2.45, 2.75) is 25.2 Å². The van der Waals surface area contributed by atoms with E-state index < -0.39 is 0 Å². The number of nitrogens with one attached hydrogen (secondary N) is 1. The summed E-state index contributed by atoms with van der Waals surface area (Å²) in [6, 6.07) is 13.7. The number of hydrogen-bond donors (Lipinski definition) is 1. The van der Waals surface area contributed by atoms with Crippen LogP contribution in [0.5, 0.6) is 0 Å². The highest BCUT2D eigenvalue weighted by Gasteiger charge is 2.44. The third-order valence-corrected chi connectivity index (χ3v) is 4.74. The van der Waals surface area contributed by atoms with Crippen molar-refractivity contribution in [2.24, 2.45) is 5.92 Å². The minimum absolute atomic E-state index is 0.0240. The highest BCUT2D eigenvalue weighted by atomic mass is 16.5. The lowest BCUT2D eigenvalue weighted by Gasteiger charge is -2.32. The van der Waals surface area contributed by atoms with Gasteiger partial charge in [-0.2, -0.15) is 0 Å². The van der Waals surface area contributed by atoms with E-state index in [-0.39, 0.29) is 24.0 Å². The standard InChI is InChI=1S/C19H21N3O2/c23-19(21-15-6-2-1-3-7-15)17-9-16-12-22(13-18(17)24-16)11-14-5-4-8-20-10-14/h1-8,10,16-18H,9,11-13H2,(H,21,23)/t16-,17-,18-/m0/s1. The van der Waals surface area contributed by atoms with Gasteiger partial charge in [-0.25, -0.2) is 0 Å². The normalized spacial score (nSPS) is 26.2. The second-order valence-electron chi connectivity index (χ2n) is 6.55. The lowest BCUT2D eigenvalue weighted by Crippen LogP contribution is -2.44. The van der Waals surface area contributed by atoms with Crippen LogP contribution in [-0.4, -0.2) is 41.1 Å². The molecule has 2 aliphatic heterocycles. The molecule has 3 heterocycles. The van der Waals surface area contributed by atoms with Gasteiger partial charge >= 0.3 is 0 Å². The molecule has 0 aliphatic carbocycles. The molecule has 2 bridgehead atoms. The van der Waals surface area contributed by atoms with Gasteiger partial charge < -0.3 is 10.1 Å². The Morgan fingerprint density at radius 3 is 2.88 bits per heavy atom. The second kappa shape index (κ2) is 6.71. The molecule has 24 heavy (non-hydrogen) atoms. The largest absolute Gasteiger partial charge is 0.371 e. The number of benzene rings is 1. The SMILES string of the molecule is O=C(Nc1ccccc1)[C@H]1C[C@H]2CN(Cc3cccnc3)C[C@@H]1O2. The fourth-order valence-corrected chi connectivity index (χ4v) is 3.65. The third-order valence-electron chi connectivity index (χ3n) is 4.74. The molecule has 2 aliphatic rings. The van der Waals surface area contributed by atoms with Crippen LogP contribution in [-0.2, 0) is 16.1 Å². The van der Waals surface area contributed by atoms with Gasteiger partial charge in [-0.1, -0.05) is 24.3 Å². The summed E-state index contributed by atoms with van der Waals surface area (Å²) in [7, 11) is 0. The molecular weight excluding hydrogens is 302 g/mol. The average Bonchev–Trinajstić information content (AvgIpc) is 2.91. The van der Waals surface area contributed by atoms with Gasteiger partial charge in [-0.15, -0.1) is 0 Å². The van der Waals surface area contributed by atoms with Crippen LogP contribution >= 0.6 is 0 Å². The number of rotatable bonds is 4. The van der Waals surface area contributed by atoms with E-state index in [4.69, 9.17) is 4.74 Å². The number of anilines is 1. The van der Waals surface area contributed by atoms with Gasteiger partial charge in [0.25, 0.3) is 0 Å². The van der Waals surface area contributed by atoms with Crippen LogP contribution < -0.4 is 5.32 Å². The van der Waals surface area contributed by atoms with Gasteiger partial charge in [0.15, 0.2) is 0 Å². The first-order valence-corrected chi connectivity index (χ1v) is 8.40. The zero-order chi connectivity index (χ0) is 16.4. The molecule has 1 amide bonds. The lowest BCUT2D eigenvalue weighted by atomic mass is 9.99. The summed E-state index contributed by atoms with van der Waals surface area (Å²) in [4.78, 5) is 19.1. The maximum Gasteiger partial charge on any atom is 0.230 e. The van der Waals surface area contributed by atoms with E-state index >= 15 is 0 Å². The smallest absolute Gasteiger partial charge is 0.230 e. The third kappa shape index (κ3) is 3.32. The first kappa shape index (κ1) is 15.3. The Labute approximate surface area is 141 Å². The van der Waals surface area contributed by atoms with Crippen LogP contribution in [0.2, 0.25) is 0 Å². The Hall–Kier alpha value is -2.24. The summed E-state index contributed by atoms with van der Waals surface area (Å²) in [5, 5.41) is 3.01. The second-order valence-corrected chi connectivity index (χ2v) is 6.55. The highest BCUT2D eigenvalue weighted by molar-refractivity contribution is 5.93. The number of fused-ring (bicyclic) bond motifs is 2. The van der Waals surface area contributed by atoms with Crippen LogP contribution in [0.4, 0.5) is 5.69 Å². The quantitative estimate of drug-likeness (QED) is 0.938. The van der Waals surface area contributed by atoms with Crippen molar-refractivity contribution in [1.29, 1.82) is 0 Å². The fraction of sp³-hybridized carbons (Fsp3) is 0.368. The zero-order valence-electron chi connectivity index (χ0n) is 13.5. The van der Waals surface area contributed by atoms with Gasteiger partial charge in [0.05, 0.1) is 18.1 Å². The van der Waals surface area contributed by atoms with Crippen molar-refractivity contribution in [2.75, 3.05) is 18.4 Å². The van der Waals surface area contributed by atoms with Crippen molar-refractivity contribution in [1.82, 2.24) is 9.88 Å². The molecule has 2 aromatic rings. The molecular formula is C19H21N3O2. The first-order valence-electron chi connectivity index (χ1n) is 8.40. The summed E-state index contributed by atoms with van der Waals surface area (Å²) in [6.07, 6.45) is 4.61. The van der Waals surface area contributed by atoms with Crippen molar-refractivity contribution < 1.29 is 9.53 Å². The van der Waals surface area contributed by atoms with E-state index in [1.54, 1.807) is 6.20 Å².